The molecular weight excluding hydrogens is 246 g/mol. The summed E-state index contributed by atoms with van der Waals surface area (Å²) in [5.41, 5.74) is 2.83. The van der Waals surface area contributed by atoms with Crippen LogP contribution in [0.4, 0.5) is 0 Å². The molecule has 1 aliphatic heterocycles. The summed E-state index contributed by atoms with van der Waals surface area (Å²) in [6, 6.07) is 7.97. The first-order valence-corrected chi connectivity index (χ1v) is 8.28. The zero-order valence-corrected chi connectivity index (χ0v) is 12.8. The second-order valence-corrected chi connectivity index (χ2v) is 6.55. The largest absolute Gasteiger partial charge is 0.493 e. The van der Waals surface area contributed by atoms with Gasteiger partial charge in [0.05, 0.1) is 6.61 Å². The number of fused-ring (bicyclic) bond motifs is 1. The van der Waals surface area contributed by atoms with Crippen molar-refractivity contribution in [1.29, 1.82) is 0 Å². The van der Waals surface area contributed by atoms with Crippen LogP contribution < -0.4 is 10.1 Å². The van der Waals surface area contributed by atoms with Gasteiger partial charge in [0.15, 0.2) is 0 Å². The summed E-state index contributed by atoms with van der Waals surface area (Å²) < 4.78 is 5.61. The summed E-state index contributed by atoms with van der Waals surface area (Å²) >= 11 is 0. The summed E-state index contributed by atoms with van der Waals surface area (Å²) in [5.74, 6) is 2.01. The molecule has 1 saturated carbocycles. The Labute approximate surface area is 122 Å². The molecule has 1 N–H and O–H groups in total. The number of benzene rings is 1. The van der Waals surface area contributed by atoms with Crippen LogP contribution in [0.2, 0.25) is 0 Å². The fraction of sp³-hybridized carbons (Fsp3) is 0.667. The molecule has 2 aliphatic rings. The van der Waals surface area contributed by atoms with E-state index in [0.29, 0.717) is 12.1 Å². The van der Waals surface area contributed by atoms with Gasteiger partial charge in [0.1, 0.15) is 5.75 Å². The quantitative estimate of drug-likeness (QED) is 0.886. The molecule has 0 bridgehead atoms. The van der Waals surface area contributed by atoms with Crippen LogP contribution in [0, 0.1) is 5.92 Å². The van der Waals surface area contributed by atoms with Crippen LogP contribution in [-0.4, -0.2) is 12.6 Å². The minimum Gasteiger partial charge on any atom is -0.493 e. The Morgan fingerprint density at radius 2 is 2.05 bits per heavy atom. The van der Waals surface area contributed by atoms with Crippen molar-refractivity contribution in [3.05, 3.63) is 29.3 Å². The highest BCUT2D eigenvalue weighted by Crippen LogP contribution is 2.31. The van der Waals surface area contributed by atoms with Gasteiger partial charge in [0.25, 0.3) is 0 Å². The molecule has 0 amide bonds. The molecule has 0 saturated heterocycles. The van der Waals surface area contributed by atoms with Gasteiger partial charge in [-0.05, 0) is 55.2 Å². The third-order valence-corrected chi connectivity index (χ3v) is 4.98. The molecule has 20 heavy (non-hydrogen) atoms. The Morgan fingerprint density at radius 1 is 1.25 bits per heavy atom. The van der Waals surface area contributed by atoms with E-state index < -0.39 is 0 Å². The molecule has 1 fully saturated rings. The summed E-state index contributed by atoms with van der Waals surface area (Å²) in [6.07, 6.45) is 7.67. The number of ether oxygens (including phenoxy) is 1. The smallest absolute Gasteiger partial charge is 0.122 e. The Bertz CT molecular complexity index is 449. The molecule has 1 heterocycles. The third-order valence-electron chi connectivity index (χ3n) is 4.98. The predicted molar refractivity (Wildman–Crippen MR) is 83.2 cm³/mol. The number of rotatable bonds is 4. The molecular formula is C18H27NO. The van der Waals surface area contributed by atoms with Gasteiger partial charge in [-0.1, -0.05) is 26.0 Å². The molecule has 1 unspecified atom stereocenters. The maximum Gasteiger partial charge on any atom is 0.122 e. The number of nitrogens with one attached hydrogen (secondary N) is 1. The van der Waals surface area contributed by atoms with Crippen molar-refractivity contribution in [3.8, 4) is 5.75 Å². The van der Waals surface area contributed by atoms with Crippen molar-refractivity contribution < 1.29 is 4.74 Å². The molecule has 110 valence electrons. The van der Waals surface area contributed by atoms with E-state index in [1.807, 2.05) is 0 Å². The lowest BCUT2D eigenvalue weighted by Crippen LogP contribution is -2.35. The minimum atomic E-state index is 0.499. The first kappa shape index (κ1) is 13.9. The van der Waals surface area contributed by atoms with Gasteiger partial charge in [-0.25, -0.2) is 0 Å². The van der Waals surface area contributed by atoms with Crippen LogP contribution in [0.25, 0.3) is 0 Å². The predicted octanol–water partition coefficient (Wildman–Crippen LogP) is 4.24. The van der Waals surface area contributed by atoms with E-state index in [2.05, 4.69) is 37.4 Å². The normalized spacial score (nSPS) is 26.9. The highest BCUT2D eigenvalue weighted by atomic mass is 16.5. The van der Waals surface area contributed by atoms with Crippen molar-refractivity contribution in [2.24, 2.45) is 5.92 Å². The molecule has 2 heteroatoms. The Kier molecular flexibility index (Phi) is 4.30. The molecule has 0 radical (unpaired) electrons. The fourth-order valence-corrected chi connectivity index (χ4v) is 3.58. The lowest BCUT2D eigenvalue weighted by Gasteiger charge is -2.31. The summed E-state index contributed by atoms with van der Waals surface area (Å²) in [6.45, 7) is 5.52. The van der Waals surface area contributed by atoms with Gasteiger partial charge in [0.2, 0.25) is 0 Å². The van der Waals surface area contributed by atoms with Gasteiger partial charge in [-0.2, -0.15) is 0 Å². The van der Waals surface area contributed by atoms with Crippen LogP contribution in [0.5, 0.6) is 5.75 Å². The molecule has 1 aliphatic carbocycles. The van der Waals surface area contributed by atoms with Crippen LogP contribution in [0.1, 0.15) is 63.1 Å². The lowest BCUT2D eigenvalue weighted by molar-refractivity contribution is 0.284. The van der Waals surface area contributed by atoms with Gasteiger partial charge in [-0.3, -0.25) is 0 Å². The molecule has 1 aromatic rings. The Morgan fingerprint density at radius 3 is 2.80 bits per heavy atom. The number of hydrogen-bond acceptors (Lipinski definition) is 2. The molecule has 1 aromatic carbocycles. The zero-order chi connectivity index (χ0) is 13.9. The first-order chi connectivity index (χ1) is 9.76. The second kappa shape index (κ2) is 6.17. The van der Waals surface area contributed by atoms with Crippen molar-refractivity contribution in [2.45, 2.75) is 64.5 Å². The minimum absolute atomic E-state index is 0.499. The van der Waals surface area contributed by atoms with Crippen molar-refractivity contribution in [3.63, 3.8) is 0 Å². The van der Waals surface area contributed by atoms with E-state index in [1.54, 1.807) is 0 Å². The van der Waals surface area contributed by atoms with Gasteiger partial charge >= 0.3 is 0 Å². The van der Waals surface area contributed by atoms with E-state index in [-0.39, 0.29) is 0 Å². The highest BCUT2D eigenvalue weighted by molar-refractivity contribution is 5.40. The van der Waals surface area contributed by atoms with E-state index >= 15 is 0 Å². The number of hydrogen-bond donors (Lipinski definition) is 1. The SMILES string of the molecule is CCC(NC1CCC(C)CC1)c1ccc2c(c1)CCO2. The van der Waals surface area contributed by atoms with E-state index in [4.69, 9.17) is 4.74 Å². The second-order valence-electron chi connectivity index (χ2n) is 6.55. The van der Waals surface area contributed by atoms with E-state index in [1.165, 1.54) is 36.8 Å². The standard InChI is InChI=1S/C18H27NO/c1-3-17(19-16-7-4-13(2)5-8-16)14-6-9-18-15(12-14)10-11-20-18/h6,9,12-13,16-17,19H,3-5,7-8,10-11H2,1-2H3. The topological polar surface area (TPSA) is 21.3 Å². The average molecular weight is 273 g/mol. The van der Waals surface area contributed by atoms with Gasteiger partial charge < -0.3 is 10.1 Å². The highest BCUT2D eigenvalue weighted by Gasteiger charge is 2.22. The molecule has 3 rings (SSSR count). The van der Waals surface area contributed by atoms with Crippen LogP contribution in [0.15, 0.2) is 18.2 Å². The Hall–Kier alpha value is -1.02. The summed E-state index contributed by atoms with van der Waals surface area (Å²) in [5, 5.41) is 3.89. The molecule has 0 aromatic heterocycles. The van der Waals surface area contributed by atoms with Crippen molar-refractivity contribution in [2.75, 3.05) is 6.61 Å². The van der Waals surface area contributed by atoms with E-state index in [9.17, 15) is 0 Å². The molecule has 0 spiro atoms. The van der Waals surface area contributed by atoms with Crippen molar-refractivity contribution in [1.82, 2.24) is 5.32 Å². The van der Waals surface area contributed by atoms with Crippen LogP contribution >= 0.6 is 0 Å². The maximum atomic E-state index is 5.61. The maximum absolute atomic E-state index is 5.61. The van der Waals surface area contributed by atoms with E-state index in [0.717, 1.165) is 31.1 Å². The summed E-state index contributed by atoms with van der Waals surface area (Å²) in [7, 11) is 0. The van der Waals surface area contributed by atoms with Crippen LogP contribution in [0.3, 0.4) is 0 Å². The van der Waals surface area contributed by atoms with Crippen molar-refractivity contribution >= 4 is 0 Å². The Balaban J connectivity index is 1.67. The lowest BCUT2D eigenvalue weighted by atomic mass is 9.86. The molecule has 1 atom stereocenters. The fourth-order valence-electron chi connectivity index (χ4n) is 3.58. The molecule has 2 nitrogen and oxygen atoms in total. The summed E-state index contributed by atoms with van der Waals surface area (Å²) in [4.78, 5) is 0. The third kappa shape index (κ3) is 3.01. The zero-order valence-electron chi connectivity index (χ0n) is 12.8. The van der Waals surface area contributed by atoms with Gasteiger partial charge in [0, 0.05) is 18.5 Å². The van der Waals surface area contributed by atoms with Crippen LogP contribution in [-0.2, 0) is 6.42 Å². The first-order valence-electron chi connectivity index (χ1n) is 8.28. The monoisotopic (exact) mass is 273 g/mol. The average Bonchev–Trinajstić information content (AvgIpc) is 2.94. The van der Waals surface area contributed by atoms with Gasteiger partial charge in [-0.15, -0.1) is 0 Å².